The first-order chi connectivity index (χ1) is 12.2. The summed E-state index contributed by atoms with van der Waals surface area (Å²) in [5, 5.41) is 9.03. The summed E-state index contributed by atoms with van der Waals surface area (Å²) in [6.45, 7) is 5.74. The molecule has 136 valence electrons. The highest BCUT2D eigenvalue weighted by Crippen LogP contribution is 2.54. The monoisotopic (exact) mass is 371 g/mol. The fraction of sp³-hybridized carbons (Fsp3) is 0.350. The fourth-order valence-corrected chi connectivity index (χ4v) is 4.08. The molecule has 2 aromatic rings. The van der Waals surface area contributed by atoms with Crippen molar-refractivity contribution in [3.8, 4) is 6.07 Å². The highest BCUT2D eigenvalue weighted by atomic mass is 32.2. The van der Waals surface area contributed by atoms with Crippen molar-refractivity contribution in [2.75, 3.05) is 5.73 Å². The first kappa shape index (κ1) is 18.7. The number of rotatable bonds is 4. The van der Waals surface area contributed by atoms with Crippen molar-refractivity contribution in [1.82, 2.24) is 4.72 Å². The molecule has 3 atom stereocenters. The van der Waals surface area contributed by atoms with E-state index >= 15 is 0 Å². The van der Waals surface area contributed by atoms with E-state index in [1.54, 1.807) is 24.3 Å². The maximum Gasteiger partial charge on any atom is 0.146 e. The van der Waals surface area contributed by atoms with E-state index in [-0.39, 0.29) is 16.5 Å². The molecule has 2 aromatic carbocycles. The molecule has 4 nitrogen and oxygen atoms in total. The Bertz CT molecular complexity index is 857. The van der Waals surface area contributed by atoms with Gasteiger partial charge in [0.25, 0.3) is 0 Å². The molecule has 0 spiro atoms. The highest BCUT2D eigenvalue weighted by Gasteiger charge is 2.59. The van der Waals surface area contributed by atoms with Crippen LogP contribution in [0.2, 0.25) is 0 Å². The Morgan fingerprint density at radius 3 is 2.38 bits per heavy atom. The molecule has 3 N–H and O–H groups in total. The van der Waals surface area contributed by atoms with E-state index in [9.17, 15) is 8.94 Å². The molecule has 0 heterocycles. The lowest BCUT2D eigenvalue weighted by Crippen LogP contribution is -2.42. The van der Waals surface area contributed by atoms with Crippen LogP contribution >= 0.6 is 0 Å². The van der Waals surface area contributed by atoms with E-state index in [2.05, 4.69) is 10.8 Å². The number of hydrogen-bond acceptors (Lipinski definition) is 4. The van der Waals surface area contributed by atoms with Gasteiger partial charge in [-0.05, 0) is 62.6 Å². The van der Waals surface area contributed by atoms with Gasteiger partial charge in [0.2, 0.25) is 0 Å². The third-order valence-electron chi connectivity index (χ3n) is 4.81. The average Bonchev–Trinajstić information content (AvgIpc) is 3.31. The lowest BCUT2D eigenvalue weighted by atomic mass is 9.86. The zero-order valence-electron chi connectivity index (χ0n) is 15.0. The van der Waals surface area contributed by atoms with Gasteiger partial charge in [0.05, 0.1) is 23.4 Å². The highest BCUT2D eigenvalue weighted by molar-refractivity contribution is 7.90. The molecule has 0 aromatic heterocycles. The standard InChI is InChI=1S/C20H22FN3OS/c1-19(2,3)26(25)24-18-11-20(18,14-6-4-13(12-22)5-7-14)15-8-9-16(21)17(23)10-15/h4-10,18,24H,11,23H2,1-3H3/t18?,20?,26-/m1/s1. The fourth-order valence-electron chi connectivity index (χ4n) is 3.18. The molecule has 0 radical (unpaired) electrons. The van der Waals surface area contributed by atoms with Crippen molar-refractivity contribution in [1.29, 1.82) is 5.26 Å². The number of nitrogens with one attached hydrogen (secondary N) is 1. The SMILES string of the molecule is CC(C)(C)[S@@+]([O-])NC1CC1(c1ccc(C#N)cc1)c1ccc(F)c(N)c1. The Hall–Kier alpha value is -2.07. The second-order valence-corrected chi connectivity index (χ2v) is 9.65. The van der Waals surface area contributed by atoms with Gasteiger partial charge in [-0.15, -0.1) is 4.72 Å². The average molecular weight is 371 g/mol. The molecule has 1 fully saturated rings. The molecular formula is C20H22FN3OS. The van der Waals surface area contributed by atoms with E-state index in [0.717, 1.165) is 17.5 Å². The van der Waals surface area contributed by atoms with Crippen molar-refractivity contribution in [3.05, 3.63) is 65.0 Å². The molecule has 1 aliphatic carbocycles. The Morgan fingerprint density at radius 1 is 1.23 bits per heavy atom. The van der Waals surface area contributed by atoms with Gasteiger partial charge < -0.3 is 10.3 Å². The molecular weight excluding hydrogens is 349 g/mol. The van der Waals surface area contributed by atoms with Crippen molar-refractivity contribution in [3.63, 3.8) is 0 Å². The van der Waals surface area contributed by atoms with Crippen LogP contribution in [0.25, 0.3) is 0 Å². The number of benzene rings is 2. The van der Waals surface area contributed by atoms with Crippen LogP contribution in [0.3, 0.4) is 0 Å². The molecule has 0 saturated heterocycles. The van der Waals surface area contributed by atoms with Gasteiger partial charge in [0.15, 0.2) is 0 Å². The van der Waals surface area contributed by atoms with Crippen LogP contribution in [-0.4, -0.2) is 15.3 Å². The molecule has 0 bridgehead atoms. The van der Waals surface area contributed by atoms with Crippen LogP contribution in [0.4, 0.5) is 10.1 Å². The molecule has 3 rings (SSSR count). The molecule has 1 saturated carbocycles. The third-order valence-corrected chi connectivity index (χ3v) is 6.42. The first-order valence-corrected chi connectivity index (χ1v) is 9.57. The van der Waals surface area contributed by atoms with Gasteiger partial charge in [-0.2, -0.15) is 5.26 Å². The topological polar surface area (TPSA) is 84.9 Å². The van der Waals surface area contributed by atoms with Crippen LogP contribution in [-0.2, 0) is 16.8 Å². The number of hydrogen-bond donors (Lipinski definition) is 2. The Kier molecular flexibility index (Phi) is 4.74. The second-order valence-electron chi connectivity index (χ2n) is 7.65. The van der Waals surface area contributed by atoms with Crippen molar-refractivity contribution in [2.45, 2.75) is 43.4 Å². The summed E-state index contributed by atoms with van der Waals surface area (Å²) in [7, 11) is 0. The molecule has 0 amide bonds. The van der Waals surface area contributed by atoms with Gasteiger partial charge in [-0.25, -0.2) is 4.39 Å². The van der Waals surface area contributed by atoms with Crippen LogP contribution in [0, 0.1) is 17.1 Å². The van der Waals surface area contributed by atoms with Crippen LogP contribution in [0.1, 0.15) is 43.9 Å². The van der Waals surface area contributed by atoms with Crippen LogP contribution in [0.5, 0.6) is 0 Å². The summed E-state index contributed by atoms with van der Waals surface area (Å²) >= 11 is -1.22. The molecule has 1 aliphatic rings. The second kappa shape index (κ2) is 6.58. The first-order valence-electron chi connectivity index (χ1n) is 8.42. The lowest BCUT2D eigenvalue weighted by Gasteiger charge is -2.26. The minimum atomic E-state index is -1.22. The van der Waals surface area contributed by atoms with E-state index in [1.165, 1.54) is 6.07 Å². The summed E-state index contributed by atoms with van der Waals surface area (Å²) in [4.78, 5) is 0. The maximum atomic E-state index is 13.6. The van der Waals surface area contributed by atoms with Crippen molar-refractivity contribution >= 4 is 17.0 Å². The van der Waals surface area contributed by atoms with E-state index < -0.39 is 22.6 Å². The number of nitrogens with zero attached hydrogens (tertiary/aromatic N) is 1. The van der Waals surface area contributed by atoms with Crippen LogP contribution in [0.15, 0.2) is 42.5 Å². The number of nitrogens with two attached hydrogens (primary N) is 1. The normalized spacial score (nSPS) is 23.3. The van der Waals surface area contributed by atoms with Gasteiger partial charge >= 0.3 is 0 Å². The largest absolute Gasteiger partial charge is 0.598 e. The summed E-state index contributed by atoms with van der Waals surface area (Å²) in [5.74, 6) is -0.452. The van der Waals surface area contributed by atoms with Gasteiger partial charge in [0.1, 0.15) is 10.6 Å². The van der Waals surface area contributed by atoms with Crippen molar-refractivity contribution < 1.29 is 8.94 Å². The predicted molar refractivity (Wildman–Crippen MR) is 102 cm³/mol. The Balaban J connectivity index is 2.00. The van der Waals surface area contributed by atoms with Gasteiger partial charge in [-0.1, -0.05) is 18.2 Å². The maximum absolute atomic E-state index is 13.6. The summed E-state index contributed by atoms with van der Waals surface area (Å²) in [5.41, 5.74) is 7.89. The van der Waals surface area contributed by atoms with Gasteiger partial charge in [-0.3, -0.25) is 0 Å². The quantitative estimate of drug-likeness (QED) is 0.637. The smallest absolute Gasteiger partial charge is 0.146 e. The lowest BCUT2D eigenvalue weighted by molar-refractivity contribution is 0.539. The molecule has 26 heavy (non-hydrogen) atoms. The number of halogens is 1. The summed E-state index contributed by atoms with van der Waals surface area (Å²) in [6, 6.07) is 14.1. The summed E-state index contributed by atoms with van der Waals surface area (Å²) in [6.07, 6.45) is 0.728. The predicted octanol–water partition coefficient (Wildman–Crippen LogP) is 3.39. The van der Waals surface area contributed by atoms with Gasteiger partial charge in [0, 0.05) is 16.8 Å². The van der Waals surface area contributed by atoms with E-state index in [4.69, 9.17) is 11.0 Å². The van der Waals surface area contributed by atoms with E-state index in [0.29, 0.717) is 5.56 Å². The van der Waals surface area contributed by atoms with Crippen LogP contribution < -0.4 is 10.5 Å². The van der Waals surface area contributed by atoms with Crippen molar-refractivity contribution in [2.24, 2.45) is 0 Å². The third kappa shape index (κ3) is 3.30. The molecule has 0 aliphatic heterocycles. The summed E-state index contributed by atoms with van der Waals surface area (Å²) < 4.78 is 29.0. The molecule has 2 unspecified atom stereocenters. The number of anilines is 1. The van der Waals surface area contributed by atoms with E-state index in [1.807, 2.05) is 32.9 Å². The minimum Gasteiger partial charge on any atom is -0.598 e. The Morgan fingerprint density at radius 2 is 1.85 bits per heavy atom. The molecule has 6 heteroatoms. The minimum absolute atomic E-state index is 0.0552. The number of nitriles is 1. The Labute approximate surface area is 156 Å². The zero-order chi connectivity index (χ0) is 19.1. The zero-order valence-corrected chi connectivity index (χ0v) is 15.9. The number of nitrogen functional groups attached to an aromatic ring is 1.